The number of hydrogen-bond acceptors (Lipinski definition) is 4. The molecule has 1 aromatic carbocycles. The van der Waals surface area contributed by atoms with Gasteiger partial charge in [0.25, 0.3) is 10.2 Å². The fourth-order valence-electron chi connectivity index (χ4n) is 1.27. The van der Waals surface area contributed by atoms with Gasteiger partial charge in [-0.25, -0.2) is 0 Å². The van der Waals surface area contributed by atoms with E-state index in [-0.39, 0.29) is 6.54 Å². The molecule has 100 valence electrons. The summed E-state index contributed by atoms with van der Waals surface area (Å²) >= 11 is 0. The molecule has 0 aliphatic heterocycles. The second kappa shape index (κ2) is 6.48. The molecule has 18 heavy (non-hydrogen) atoms. The molecule has 0 saturated carbocycles. The molecule has 1 aromatic rings. The van der Waals surface area contributed by atoms with Crippen molar-refractivity contribution < 1.29 is 17.9 Å². The van der Waals surface area contributed by atoms with Gasteiger partial charge in [0.15, 0.2) is 0 Å². The third-order valence-corrected chi connectivity index (χ3v) is 3.38. The van der Waals surface area contributed by atoms with Gasteiger partial charge < -0.3 is 4.74 Å². The highest BCUT2D eigenvalue weighted by atomic mass is 32.2. The molecule has 0 aliphatic carbocycles. The summed E-state index contributed by atoms with van der Waals surface area (Å²) in [6.45, 7) is 1.57. The van der Waals surface area contributed by atoms with E-state index < -0.39 is 22.2 Å². The lowest BCUT2D eigenvalue weighted by Crippen LogP contribution is -2.45. The number of methoxy groups -OCH3 is 1. The molecule has 0 radical (unpaired) electrons. The Kier molecular flexibility index (Phi) is 5.26. The van der Waals surface area contributed by atoms with E-state index in [2.05, 4.69) is 14.2 Å². The van der Waals surface area contributed by atoms with Crippen molar-refractivity contribution in [1.29, 1.82) is 0 Å². The molecule has 6 nitrogen and oxygen atoms in total. The highest BCUT2D eigenvalue weighted by Gasteiger charge is 2.19. The molecule has 0 saturated heterocycles. The number of carbonyl (C=O) groups excluding carboxylic acids is 1. The molecule has 1 atom stereocenters. The van der Waals surface area contributed by atoms with Crippen molar-refractivity contribution in [3.8, 4) is 0 Å². The van der Waals surface area contributed by atoms with Gasteiger partial charge >= 0.3 is 5.97 Å². The van der Waals surface area contributed by atoms with E-state index in [0.29, 0.717) is 0 Å². The van der Waals surface area contributed by atoms with Crippen LogP contribution in [0.15, 0.2) is 30.3 Å². The van der Waals surface area contributed by atoms with Crippen LogP contribution in [0.2, 0.25) is 0 Å². The van der Waals surface area contributed by atoms with Gasteiger partial charge in [0.2, 0.25) is 0 Å². The summed E-state index contributed by atoms with van der Waals surface area (Å²) in [5.74, 6) is -0.639. The van der Waals surface area contributed by atoms with Gasteiger partial charge in [-0.15, -0.1) is 0 Å². The number of nitrogens with one attached hydrogen (secondary N) is 2. The first-order chi connectivity index (χ1) is 8.44. The number of esters is 1. The van der Waals surface area contributed by atoms with Crippen molar-refractivity contribution >= 4 is 16.2 Å². The predicted molar refractivity (Wildman–Crippen MR) is 66.8 cm³/mol. The molecule has 1 rings (SSSR count). The number of rotatable bonds is 6. The van der Waals surface area contributed by atoms with Crippen LogP contribution in [0.25, 0.3) is 0 Å². The highest BCUT2D eigenvalue weighted by molar-refractivity contribution is 7.87. The van der Waals surface area contributed by atoms with E-state index in [1.54, 1.807) is 12.1 Å². The monoisotopic (exact) mass is 272 g/mol. The van der Waals surface area contributed by atoms with E-state index in [9.17, 15) is 13.2 Å². The van der Waals surface area contributed by atoms with Gasteiger partial charge in [0, 0.05) is 6.54 Å². The van der Waals surface area contributed by atoms with Crippen LogP contribution in [0.1, 0.15) is 12.5 Å². The molecule has 0 spiro atoms. The standard InChI is InChI=1S/C11H16N2O4S/c1-9(11(14)17-2)13-18(15,16)12-8-10-6-4-3-5-7-10/h3-7,9,12-13H,8H2,1-2H3/t9-/m0/s1. The third kappa shape index (κ3) is 4.82. The Morgan fingerprint density at radius 2 is 1.94 bits per heavy atom. The molecule has 0 amide bonds. The summed E-state index contributed by atoms with van der Waals surface area (Å²) in [7, 11) is -2.54. The van der Waals surface area contributed by atoms with E-state index in [1.807, 2.05) is 18.2 Å². The SMILES string of the molecule is COC(=O)[C@H](C)NS(=O)(=O)NCc1ccccc1. The Labute approximate surface area is 107 Å². The Balaban J connectivity index is 2.53. The van der Waals surface area contributed by atoms with E-state index >= 15 is 0 Å². The predicted octanol–water partition coefficient (Wildman–Crippen LogP) is 0.172. The molecule has 0 heterocycles. The van der Waals surface area contributed by atoms with Crippen LogP contribution in [-0.2, 0) is 26.3 Å². The Hall–Kier alpha value is -1.44. The largest absolute Gasteiger partial charge is 0.468 e. The van der Waals surface area contributed by atoms with E-state index in [0.717, 1.165) is 5.56 Å². The topological polar surface area (TPSA) is 84.5 Å². The second-order valence-corrected chi connectivity index (χ2v) is 5.20. The van der Waals surface area contributed by atoms with Gasteiger partial charge in [0.1, 0.15) is 6.04 Å². The molecular weight excluding hydrogens is 256 g/mol. The zero-order valence-corrected chi connectivity index (χ0v) is 11.0. The van der Waals surface area contributed by atoms with Crippen LogP contribution in [0.5, 0.6) is 0 Å². The van der Waals surface area contributed by atoms with Gasteiger partial charge in [-0.3, -0.25) is 4.79 Å². The number of carbonyl (C=O) groups is 1. The lowest BCUT2D eigenvalue weighted by atomic mass is 10.2. The zero-order valence-electron chi connectivity index (χ0n) is 10.2. The van der Waals surface area contributed by atoms with Crippen LogP contribution in [0.4, 0.5) is 0 Å². The first kappa shape index (κ1) is 14.6. The van der Waals surface area contributed by atoms with Crippen LogP contribution < -0.4 is 9.44 Å². The average Bonchev–Trinajstić information content (AvgIpc) is 2.36. The van der Waals surface area contributed by atoms with Gasteiger partial charge in [-0.2, -0.15) is 17.9 Å². The van der Waals surface area contributed by atoms with Gasteiger partial charge in [-0.05, 0) is 12.5 Å². The van der Waals surface area contributed by atoms with Crippen molar-refractivity contribution in [2.75, 3.05) is 7.11 Å². The number of benzene rings is 1. The molecule has 0 unspecified atom stereocenters. The maximum Gasteiger partial charge on any atom is 0.323 e. The van der Waals surface area contributed by atoms with E-state index in [1.165, 1.54) is 14.0 Å². The minimum absolute atomic E-state index is 0.157. The third-order valence-electron chi connectivity index (χ3n) is 2.20. The minimum atomic E-state index is -3.73. The fraction of sp³-hybridized carbons (Fsp3) is 0.364. The minimum Gasteiger partial charge on any atom is -0.468 e. The van der Waals surface area contributed by atoms with Crippen LogP contribution in [0.3, 0.4) is 0 Å². The summed E-state index contributed by atoms with van der Waals surface area (Å²) in [4.78, 5) is 11.1. The molecule has 7 heteroatoms. The van der Waals surface area contributed by atoms with Gasteiger partial charge in [0.05, 0.1) is 7.11 Å². The maximum absolute atomic E-state index is 11.6. The lowest BCUT2D eigenvalue weighted by Gasteiger charge is -2.12. The summed E-state index contributed by atoms with van der Waals surface area (Å²) in [6.07, 6.45) is 0. The second-order valence-electron chi connectivity index (χ2n) is 3.67. The molecule has 0 aromatic heterocycles. The van der Waals surface area contributed by atoms with E-state index in [4.69, 9.17) is 0 Å². The summed E-state index contributed by atoms with van der Waals surface area (Å²) in [6, 6.07) is 8.14. The average molecular weight is 272 g/mol. The highest BCUT2D eigenvalue weighted by Crippen LogP contribution is 1.98. The number of hydrogen-bond donors (Lipinski definition) is 2. The molecule has 2 N–H and O–H groups in total. The zero-order chi connectivity index (χ0) is 13.6. The van der Waals surface area contributed by atoms with Crippen molar-refractivity contribution in [1.82, 2.24) is 9.44 Å². The van der Waals surface area contributed by atoms with Crippen LogP contribution in [0, 0.1) is 0 Å². The smallest absolute Gasteiger partial charge is 0.323 e. The van der Waals surface area contributed by atoms with Crippen LogP contribution >= 0.6 is 0 Å². The van der Waals surface area contributed by atoms with Gasteiger partial charge in [-0.1, -0.05) is 30.3 Å². The Morgan fingerprint density at radius 1 is 1.33 bits per heavy atom. The first-order valence-electron chi connectivity index (χ1n) is 5.33. The van der Waals surface area contributed by atoms with Crippen molar-refractivity contribution in [2.24, 2.45) is 0 Å². The molecule has 0 bridgehead atoms. The molecular formula is C11H16N2O4S. The van der Waals surface area contributed by atoms with Crippen LogP contribution in [-0.4, -0.2) is 27.5 Å². The normalized spacial score (nSPS) is 13.0. The maximum atomic E-state index is 11.6. The molecule has 0 fully saturated rings. The lowest BCUT2D eigenvalue weighted by molar-refractivity contribution is -0.142. The van der Waals surface area contributed by atoms with Crippen molar-refractivity contribution in [2.45, 2.75) is 19.5 Å². The quantitative estimate of drug-likeness (QED) is 0.723. The fourth-order valence-corrected chi connectivity index (χ4v) is 2.28. The Morgan fingerprint density at radius 3 is 2.50 bits per heavy atom. The summed E-state index contributed by atoms with van der Waals surface area (Å²) in [5, 5.41) is 0. The van der Waals surface area contributed by atoms with Crippen molar-refractivity contribution in [3.05, 3.63) is 35.9 Å². The Bertz CT molecular complexity index is 487. The molecule has 0 aliphatic rings. The first-order valence-corrected chi connectivity index (χ1v) is 6.81. The number of ether oxygens (including phenoxy) is 1. The summed E-state index contributed by atoms with van der Waals surface area (Å²) in [5.41, 5.74) is 0.827. The van der Waals surface area contributed by atoms with Crippen molar-refractivity contribution in [3.63, 3.8) is 0 Å². The summed E-state index contributed by atoms with van der Waals surface area (Å²) < 4.78 is 32.1.